The minimum atomic E-state index is 0.675. The minimum Gasteiger partial charge on any atom is -0.330 e. The number of benzene rings is 2. The van der Waals surface area contributed by atoms with Crippen molar-refractivity contribution in [1.29, 1.82) is 0 Å². The highest BCUT2D eigenvalue weighted by molar-refractivity contribution is 5.65. The first-order chi connectivity index (χ1) is 8.92. The van der Waals surface area contributed by atoms with E-state index in [4.69, 9.17) is 5.73 Å². The third-order valence-corrected chi connectivity index (χ3v) is 2.66. The SMILES string of the molecule is NCC/C=C/N(c1ccccc1)c1ccccc1. The summed E-state index contributed by atoms with van der Waals surface area (Å²) in [5, 5.41) is 0. The molecule has 0 radical (unpaired) electrons. The lowest BCUT2D eigenvalue weighted by Gasteiger charge is -2.20. The van der Waals surface area contributed by atoms with Crippen LogP contribution in [-0.4, -0.2) is 6.54 Å². The second-order valence-corrected chi connectivity index (χ2v) is 4.00. The van der Waals surface area contributed by atoms with Crippen molar-refractivity contribution in [3.8, 4) is 0 Å². The van der Waals surface area contributed by atoms with Crippen molar-refractivity contribution >= 4 is 11.4 Å². The molecule has 0 unspecified atom stereocenters. The van der Waals surface area contributed by atoms with Gasteiger partial charge >= 0.3 is 0 Å². The zero-order valence-electron chi connectivity index (χ0n) is 10.4. The fraction of sp³-hybridized carbons (Fsp3) is 0.125. The Hall–Kier alpha value is -2.06. The number of anilines is 2. The van der Waals surface area contributed by atoms with Gasteiger partial charge in [-0.05, 0) is 37.2 Å². The first-order valence-corrected chi connectivity index (χ1v) is 6.18. The van der Waals surface area contributed by atoms with Crippen molar-refractivity contribution in [1.82, 2.24) is 0 Å². The molecule has 0 aromatic heterocycles. The van der Waals surface area contributed by atoms with E-state index in [2.05, 4.69) is 41.4 Å². The van der Waals surface area contributed by atoms with Gasteiger partial charge in [0.15, 0.2) is 0 Å². The summed E-state index contributed by atoms with van der Waals surface area (Å²) in [4.78, 5) is 2.16. The Morgan fingerprint density at radius 2 is 1.33 bits per heavy atom. The van der Waals surface area contributed by atoms with Gasteiger partial charge in [-0.3, -0.25) is 0 Å². The molecule has 0 saturated heterocycles. The molecular weight excluding hydrogens is 220 g/mol. The van der Waals surface area contributed by atoms with Crippen LogP contribution in [-0.2, 0) is 0 Å². The van der Waals surface area contributed by atoms with E-state index in [1.165, 1.54) is 0 Å². The van der Waals surface area contributed by atoms with Crippen LogP contribution in [0.15, 0.2) is 72.9 Å². The van der Waals surface area contributed by atoms with E-state index in [1.807, 2.05) is 36.4 Å². The molecule has 0 fully saturated rings. The van der Waals surface area contributed by atoms with Crippen LogP contribution < -0.4 is 10.6 Å². The molecule has 18 heavy (non-hydrogen) atoms. The number of nitrogens with zero attached hydrogens (tertiary/aromatic N) is 1. The highest BCUT2D eigenvalue weighted by Crippen LogP contribution is 2.25. The van der Waals surface area contributed by atoms with Gasteiger partial charge in [0.1, 0.15) is 0 Å². The van der Waals surface area contributed by atoms with E-state index < -0.39 is 0 Å². The molecule has 0 bridgehead atoms. The molecule has 0 amide bonds. The van der Waals surface area contributed by atoms with Crippen LogP contribution in [0.5, 0.6) is 0 Å². The maximum atomic E-state index is 5.52. The molecule has 2 aromatic carbocycles. The lowest BCUT2D eigenvalue weighted by molar-refractivity contribution is 1.00. The quantitative estimate of drug-likeness (QED) is 0.860. The van der Waals surface area contributed by atoms with Crippen molar-refractivity contribution in [3.05, 3.63) is 72.9 Å². The fourth-order valence-corrected chi connectivity index (χ4v) is 1.77. The molecule has 0 atom stereocenters. The van der Waals surface area contributed by atoms with Gasteiger partial charge < -0.3 is 10.6 Å². The van der Waals surface area contributed by atoms with E-state index in [-0.39, 0.29) is 0 Å². The van der Waals surface area contributed by atoms with Crippen LogP contribution in [0.25, 0.3) is 0 Å². The van der Waals surface area contributed by atoms with E-state index in [0.29, 0.717) is 6.54 Å². The smallest absolute Gasteiger partial charge is 0.0455 e. The molecule has 0 aliphatic carbocycles. The first kappa shape index (κ1) is 12.4. The molecule has 2 nitrogen and oxygen atoms in total. The summed E-state index contributed by atoms with van der Waals surface area (Å²) in [7, 11) is 0. The highest BCUT2D eigenvalue weighted by atomic mass is 15.1. The lowest BCUT2D eigenvalue weighted by atomic mass is 10.2. The highest BCUT2D eigenvalue weighted by Gasteiger charge is 2.04. The average molecular weight is 238 g/mol. The van der Waals surface area contributed by atoms with Gasteiger partial charge in [-0.15, -0.1) is 0 Å². The van der Waals surface area contributed by atoms with Crippen molar-refractivity contribution in [2.24, 2.45) is 5.73 Å². The Morgan fingerprint density at radius 1 is 0.833 bits per heavy atom. The van der Waals surface area contributed by atoms with Crippen LogP contribution in [0.1, 0.15) is 6.42 Å². The van der Waals surface area contributed by atoms with E-state index in [1.54, 1.807) is 0 Å². The zero-order valence-corrected chi connectivity index (χ0v) is 10.4. The number of para-hydroxylation sites is 2. The summed E-state index contributed by atoms with van der Waals surface area (Å²) in [6, 6.07) is 20.6. The second kappa shape index (κ2) is 6.62. The normalized spacial score (nSPS) is 10.7. The van der Waals surface area contributed by atoms with Crippen LogP contribution in [0.4, 0.5) is 11.4 Å². The molecular formula is C16H18N2. The van der Waals surface area contributed by atoms with Crippen LogP contribution in [0, 0.1) is 0 Å². The molecule has 0 heterocycles. The summed E-state index contributed by atoms with van der Waals surface area (Å²) >= 11 is 0. The monoisotopic (exact) mass is 238 g/mol. The standard InChI is InChI=1S/C16H18N2/c17-13-7-8-14-18(15-9-3-1-4-10-15)16-11-5-2-6-12-16/h1-6,8-12,14H,7,13,17H2/b14-8+. The van der Waals surface area contributed by atoms with Gasteiger partial charge in [-0.25, -0.2) is 0 Å². The Balaban J connectivity index is 2.29. The summed E-state index contributed by atoms with van der Waals surface area (Å²) in [5.41, 5.74) is 7.82. The fourth-order valence-electron chi connectivity index (χ4n) is 1.77. The predicted octanol–water partition coefficient (Wildman–Crippen LogP) is 3.69. The topological polar surface area (TPSA) is 29.3 Å². The summed E-state index contributed by atoms with van der Waals surface area (Å²) < 4.78 is 0. The summed E-state index contributed by atoms with van der Waals surface area (Å²) in [5.74, 6) is 0. The van der Waals surface area contributed by atoms with E-state index >= 15 is 0 Å². The third kappa shape index (κ3) is 3.22. The maximum Gasteiger partial charge on any atom is 0.0455 e. The first-order valence-electron chi connectivity index (χ1n) is 6.18. The molecule has 2 N–H and O–H groups in total. The van der Waals surface area contributed by atoms with Crippen molar-refractivity contribution in [2.75, 3.05) is 11.4 Å². The number of rotatable bonds is 5. The van der Waals surface area contributed by atoms with Gasteiger partial charge in [0.05, 0.1) is 0 Å². The van der Waals surface area contributed by atoms with Gasteiger partial charge in [0, 0.05) is 17.6 Å². The summed E-state index contributed by atoms with van der Waals surface area (Å²) in [6.07, 6.45) is 5.06. The maximum absolute atomic E-state index is 5.52. The molecule has 0 spiro atoms. The molecule has 0 aliphatic rings. The molecule has 92 valence electrons. The Bertz CT molecular complexity index is 437. The Labute approximate surface area is 108 Å². The minimum absolute atomic E-state index is 0.675. The number of nitrogens with two attached hydrogens (primary N) is 1. The number of hydrogen-bond acceptors (Lipinski definition) is 2. The van der Waals surface area contributed by atoms with Gasteiger partial charge in [0.2, 0.25) is 0 Å². The second-order valence-electron chi connectivity index (χ2n) is 4.00. The van der Waals surface area contributed by atoms with E-state index in [9.17, 15) is 0 Å². The van der Waals surface area contributed by atoms with Gasteiger partial charge in [0.25, 0.3) is 0 Å². The van der Waals surface area contributed by atoms with Crippen LogP contribution >= 0.6 is 0 Å². The third-order valence-electron chi connectivity index (χ3n) is 2.66. The number of hydrogen-bond donors (Lipinski definition) is 1. The summed E-state index contributed by atoms with van der Waals surface area (Å²) in [6.45, 7) is 0.675. The van der Waals surface area contributed by atoms with Crippen LogP contribution in [0.3, 0.4) is 0 Å². The Kier molecular flexibility index (Phi) is 4.56. The van der Waals surface area contributed by atoms with E-state index in [0.717, 1.165) is 17.8 Å². The molecule has 2 heteroatoms. The van der Waals surface area contributed by atoms with Crippen molar-refractivity contribution < 1.29 is 0 Å². The zero-order chi connectivity index (χ0) is 12.6. The molecule has 0 saturated carbocycles. The molecule has 0 aliphatic heterocycles. The largest absolute Gasteiger partial charge is 0.330 e. The van der Waals surface area contributed by atoms with Gasteiger partial charge in [-0.1, -0.05) is 42.5 Å². The van der Waals surface area contributed by atoms with Crippen LogP contribution in [0.2, 0.25) is 0 Å². The Morgan fingerprint density at radius 3 is 1.78 bits per heavy atom. The average Bonchev–Trinajstić information content (AvgIpc) is 2.46. The van der Waals surface area contributed by atoms with Gasteiger partial charge in [-0.2, -0.15) is 0 Å². The molecule has 2 rings (SSSR count). The molecule has 2 aromatic rings. The lowest BCUT2D eigenvalue weighted by Crippen LogP contribution is -2.08. The van der Waals surface area contributed by atoms with Crippen molar-refractivity contribution in [3.63, 3.8) is 0 Å². The predicted molar refractivity (Wildman–Crippen MR) is 77.8 cm³/mol. The van der Waals surface area contributed by atoms with Crippen molar-refractivity contribution in [2.45, 2.75) is 6.42 Å².